The van der Waals surface area contributed by atoms with E-state index in [9.17, 15) is 4.79 Å². The van der Waals surface area contributed by atoms with Gasteiger partial charge in [-0.25, -0.2) is 4.79 Å². The van der Waals surface area contributed by atoms with Crippen LogP contribution in [0.15, 0.2) is 18.2 Å². The fourth-order valence-electron chi connectivity index (χ4n) is 1.54. The van der Waals surface area contributed by atoms with Crippen LogP contribution in [0.25, 0.3) is 0 Å². The van der Waals surface area contributed by atoms with Crippen molar-refractivity contribution in [3.8, 4) is 5.75 Å². The summed E-state index contributed by atoms with van der Waals surface area (Å²) in [5.74, 6) is 0.384. The minimum absolute atomic E-state index is 0.314. The molecule has 0 unspecified atom stereocenters. The van der Waals surface area contributed by atoms with Crippen LogP contribution in [0.3, 0.4) is 0 Å². The average molecular weight is 252 g/mol. The molecule has 0 radical (unpaired) electrons. The molecule has 0 aliphatic rings. The van der Waals surface area contributed by atoms with Gasteiger partial charge in [0.15, 0.2) is 0 Å². The second-order valence-electron chi connectivity index (χ2n) is 4.02. The third-order valence-electron chi connectivity index (χ3n) is 2.62. The zero-order chi connectivity index (χ0) is 13.4. The lowest BCUT2D eigenvalue weighted by molar-refractivity contribution is 0.0489. The number of unbranched alkanes of at least 4 members (excludes halogenated alkanes) is 1. The molecule has 0 heterocycles. The Morgan fingerprint density at radius 1 is 1.17 bits per heavy atom. The monoisotopic (exact) mass is 252 g/mol. The molecule has 0 atom stereocenters. The predicted octanol–water partition coefficient (Wildman–Crippen LogP) is 2.59. The Morgan fingerprint density at radius 2 is 1.89 bits per heavy atom. The van der Waals surface area contributed by atoms with Crippen LogP contribution in [-0.2, 0) is 9.47 Å². The van der Waals surface area contributed by atoms with Gasteiger partial charge in [-0.2, -0.15) is 0 Å². The van der Waals surface area contributed by atoms with Crippen LogP contribution < -0.4 is 4.74 Å². The number of hydrogen-bond donors (Lipinski definition) is 0. The third kappa shape index (κ3) is 4.37. The van der Waals surface area contributed by atoms with E-state index >= 15 is 0 Å². The molecule has 0 aliphatic heterocycles. The van der Waals surface area contributed by atoms with E-state index in [1.54, 1.807) is 26.4 Å². The first-order valence-electron chi connectivity index (χ1n) is 5.99. The van der Waals surface area contributed by atoms with Gasteiger partial charge in [-0.3, -0.25) is 0 Å². The van der Waals surface area contributed by atoms with Crippen molar-refractivity contribution in [2.45, 2.75) is 19.8 Å². The normalized spacial score (nSPS) is 10.2. The lowest BCUT2D eigenvalue weighted by atomic mass is 10.1. The number of ether oxygens (including phenoxy) is 3. The Kier molecular flexibility index (Phi) is 6.22. The Hall–Kier alpha value is -1.55. The summed E-state index contributed by atoms with van der Waals surface area (Å²) in [6, 6.07) is 5.29. The molecule has 100 valence electrons. The summed E-state index contributed by atoms with van der Waals surface area (Å²) in [7, 11) is 3.24. The smallest absolute Gasteiger partial charge is 0.338 e. The zero-order valence-corrected chi connectivity index (χ0v) is 11.2. The van der Waals surface area contributed by atoms with Gasteiger partial charge >= 0.3 is 5.97 Å². The number of methoxy groups -OCH3 is 2. The summed E-state index contributed by atoms with van der Waals surface area (Å²) >= 11 is 0. The van der Waals surface area contributed by atoms with E-state index in [4.69, 9.17) is 14.2 Å². The topological polar surface area (TPSA) is 44.8 Å². The number of rotatable bonds is 7. The van der Waals surface area contributed by atoms with Crippen molar-refractivity contribution in [3.05, 3.63) is 29.3 Å². The van der Waals surface area contributed by atoms with E-state index in [-0.39, 0.29) is 5.97 Å². The van der Waals surface area contributed by atoms with Crippen LogP contribution in [0.4, 0.5) is 0 Å². The highest BCUT2D eigenvalue weighted by atomic mass is 16.5. The molecule has 4 heteroatoms. The minimum Gasteiger partial charge on any atom is -0.496 e. The lowest BCUT2D eigenvalue weighted by Gasteiger charge is -2.08. The van der Waals surface area contributed by atoms with E-state index in [2.05, 4.69) is 0 Å². The number of carbonyl (C=O) groups excluding carboxylic acids is 1. The minimum atomic E-state index is -0.314. The zero-order valence-electron chi connectivity index (χ0n) is 11.2. The van der Waals surface area contributed by atoms with E-state index < -0.39 is 0 Å². The molecule has 0 aliphatic carbocycles. The molecule has 0 saturated heterocycles. The van der Waals surface area contributed by atoms with Gasteiger partial charge in [-0.15, -0.1) is 0 Å². The van der Waals surface area contributed by atoms with Gasteiger partial charge in [0.1, 0.15) is 5.75 Å². The molecule has 0 spiro atoms. The second kappa shape index (κ2) is 7.71. The maximum Gasteiger partial charge on any atom is 0.338 e. The first-order chi connectivity index (χ1) is 8.69. The predicted molar refractivity (Wildman–Crippen MR) is 69.1 cm³/mol. The standard InChI is InChI=1S/C14H20O4/c1-11-6-7-12(10-13(11)17-3)14(15)18-9-5-4-8-16-2/h6-7,10H,4-5,8-9H2,1-3H3. The number of aryl methyl sites for hydroxylation is 1. The first kappa shape index (κ1) is 14.5. The Morgan fingerprint density at radius 3 is 2.56 bits per heavy atom. The Balaban J connectivity index is 2.46. The van der Waals surface area contributed by atoms with Gasteiger partial charge in [-0.05, 0) is 37.5 Å². The van der Waals surface area contributed by atoms with Gasteiger partial charge < -0.3 is 14.2 Å². The van der Waals surface area contributed by atoms with Crippen molar-refractivity contribution >= 4 is 5.97 Å². The fourth-order valence-corrected chi connectivity index (χ4v) is 1.54. The summed E-state index contributed by atoms with van der Waals surface area (Å²) in [6.45, 7) is 3.03. The summed E-state index contributed by atoms with van der Waals surface area (Å²) in [5.41, 5.74) is 1.51. The van der Waals surface area contributed by atoms with Gasteiger partial charge in [-0.1, -0.05) is 6.07 Å². The van der Waals surface area contributed by atoms with Crippen molar-refractivity contribution in [2.24, 2.45) is 0 Å². The number of benzene rings is 1. The third-order valence-corrected chi connectivity index (χ3v) is 2.62. The van der Waals surface area contributed by atoms with Crippen molar-refractivity contribution in [1.82, 2.24) is 0 Å². The molecule has 18 heavy (non-hydrogen) atoms. The van der Waals surface area contributed by atoms with Crippen molar-refractivity contribution < 1.29 is 19.0 Å². The average Bonchev–Trinajstić information content (AvgIpc) is 2.38. The van der Waals surface area contributed by atoms with Crippen LogP contribution in [0.2, 0.25) is 0 Å². The van der Waals surface area contributed by atoms with Gasteiger partial charge in [0.2, 0.25) is 0 Å². The molecule has 1 rings (SSSR count). The molecule has 0 N–H and O–H groups in total. The van der Waals surface area contributed by atoms with Crippen LogP contribution in [0, 0.1) is 6.92 Å². The molecule has 0 bridgehead atoms. The largest absolute Gasteiger partial charge is 0.496 e. The molecule has 1 aromatic rings. The molecular weight excluding hydrogens is 232 g/mol. The van der Waals surface area contributed by atoms with E-state index in [0.717, 1.165) is 18.4 Å². The molecule has 0 fully saturated rings. The van der Waals surface area contributed by atoms with Crippen molar-refractivity contribution in [3.63, 3.8) is 0 Å². The first-order valence-corrected chi connectivity index (χ1v) is 5.99. The highest BCUT2D eigenvalue weighted by Gasteiger charge is 2.09. The van der Waals surface area contributed by atoms with E-state index in [1.807, 2.05) is 13.0 Å². The summed E-state index contributed by atoms with van der Waals surface area (Å²) in [4.78, 5) is 11.7. The lowest BCUT2D eigenvalue weighted by Crippen LogP contribution is -2.07. The van der Waals surface area contributed by atoms with E-state index in [1.165, 1.54) is 0 Å². The van der Waals surface area contributed by atoms with Crippen LogP contribution in [0.1, 0.15) is 28.8 Å². The maximum atomic E-state index is 11.7. The number of carbonyl (C=O) groups is 1. The van der Waals surface area contributed by atoms with Crippen molar-refractivity contribution in [1.29, 1.82) is 0 Å². The SMILES string of the molecule is COCCCCOC(=O)c1ccc(C)c(OC)c1. The molecule has 0 amide bonds. The number of hydrogen-bond acceptors (Lipinski definition) is 4. The van der Waals surface area contributed by atoms with E-state index in [0.29, 0.717) is 24.5 Å². The second-order valence-corrected chi connectivity index (χ2v) is 4.02. The molecule has 0 aromatic heterocycles. The van der Waals surface area contributed by atoms with Crippen LogP contribution >= 0.6 is 0 Å². The molecule has 0 saturated carbocycles. The maximum absolute atomic E-state index is 11.7. The Labute approximate surface area is 108 Å². The molecular formula is C14H20O4. The summed E-state index contributed by atoms with van der Waals surface area (Å²) in [6.07, 6.45) is 1.70. The highest BCUT2D eigenvalue weighted by Crippen LogP contribution is 2.19. The fraction of sp³-hybridized carbons (Fsp3) is 0.500. The van der Waals surface area contributed by atoms with Gasteiger partial charge in [0, 0.05) is 13.7 Å². The summed E-state index contributed by atoms with van der Waals surface area (Å²) in [5, 5.41) is 0. The van der Waals surface area contributed by atoms with Crippen LogP contribution in [0.5, 0.6) is 5.75 Å². The van der Waals surface area contributed by atoms with Gasteiger partial charge in [0.25, 0.3) is 0 Å². The van der Waals surface area contributed by atoms with Crippen molar-refractivity contribution in [2.75, 3.05) is 27.4 Å². The molecule has 1 aromatic carbocycles. The Bertz CT molecular complexity index is 387. The van der Waals surface area contributed by atoms with Gasteiger partial charge in [0.05, 0.1) is 19.3 Å². The number of esters is 1. The summed E-state index contributed by atoms with van der Waals surface area (Å²) < 4.78 is 15.3. The quantitative estimate of drug-likeness (QED) is 0.552. The molecule has 4 nitrogen and oxygen atoms in total. The van der Waals surface area contributed by atoms with Crippen LogP contribution in [-0.4, -0.2) is 33.4 Å². The highest BCUT2D eigenvalue weighted by molar-refractivity contribution is 5.90.